The molecule has 2 rings (SSSR count). The molecule has 1 aliphatic carbocycles. The number of nitrogens with one attached hydrogen (secondary N) is 1. The first-order valence-corrected chi connectivity index (χ1v) is 8.19. The summed E-state index contributed by atoms with van der Waals surface area (Å²) in [5.74, 6) is 0.268. The smallest absolute Gasteiger partial charge is 0.234 e. The summed E-state index contributed by atoms with van der Waals surface area (Å²) in [7, 11) is 2.04. The van der Waals surface area contributed by atoms with E-state index in [0.717, 1.165) is 38.9 Å². The lowest BCUT2D eigenvalue weighted by molar-refractivity contribution is -0.183. The van der Waals surface area contributed by atoms with Gasteiger partial charge in [-0.25, -0.2) is 0 Å². The molecule has 5 nitrogen and oxygen atoms in total. The minimum absolute atomic E-state index is 0.118. The van der Waals surface area contributed by atoms with E-state index < -0.39 is 0 Å². The number of amides is 1. The second-order valence-electron chi connectivity index (χ2n) is 6.85. The van der Waals surface area contributed by atoms with Gasteiger partial charge < -0.3 is 14.8 Å². The van der Waals surface area contributed by atoms with Crippen LogP contribution in [0.2, 0.25) is 0 Å². The molecule has 21 heavy (non-hydrogen) atoms. The molecule has 1 atom stereocenters. The van der Waals surface area contributed by atoms with Gasteiger partial charge in [-0.1, -0.05) is 13.8 Å². The Balaban J connectivity index is 1.74. The molecule has 0 aromatic heterocycles. The monoisotopic (exact) mass is 298 g/mol. The number of rotatable bonds is 5. The van der Waals surface area contributed by atoms with Gasteiger partial charge in [0.25, 0.3) is 0 Å². The summed E-state index contributed by atoms with van der Waals surface area (Å²) in [4.78, 5) is 14.2. The number of ether oxygens (including phenoxy) is 2. The molecule has 1 N–H and O–H groups in total. The van der Waals surface area contributed by atoms with Gasteiger partial charge in [-0.15, -0.1) is 0 Å². The summed E-state index contributed by atoms with van der Waals surface area (Å²) in [5.41, 5.74) is 0. The predicted molar refractivity (Wildman–Crippen MR) is 82.0 cm³/mol. The maximum absolute atomic E-state index is 12.1. The van der Waals surface area contributed by atoms with Crippen LogP contribution in [0.1, 0.15) is 46.5 Å². The van der Waals surface area contributed by atoms with Gasteiger partial charge in [-0.05, 0) is 32.7 Å². The van der Waals surface area contributed by atoms with Crippen molar-refractivity contribution in [2.45, 2.75) is 64.3 Å². The number of carbonyl (C=O) groups excluding carboxylic acids is 1. The third-order valence-electron chi connectivity index (χ3n) is 4.94. The van der Waals surface area contributed by atoms with Gasteiger partial charge in [0, 0.05) is 24.9 Å². The van der Waals surface area contributed by atoms with Gasteiger partial charge >= 0.3 is 0 Å². The Bertz CT molecular complexity index is 343. The number of hydrogen-bond acceptors (Lipinski definition) is 4. The van der Waals surface area contributed by atoms with Gasteiger partial charge in [-0.2, -0.15) is 0 Å². The quantitative estimate of drug-likeness (QED) is 0.840. The second-order valence-corrected chi connectivity index (χ2v) is 6.85. The van der Waals surface area contributed by atoms with Crippen molar-refractivity contribution in [2.24, 2.45) is 5.92 Å². The van der Waals surface area contributed by atoms with Crippen molar-refractivity contribution in [2.75, 3.05) is 26.8 Å². The fraction of sp³-hybridized carbons (Fsp3) is 0.938. The zero-order valence-electron chi connectivity index (χ0n) is 13.9. The summed E-state index contributed by atoms with van der Waals surface area (Å²) in [6.45, 7) is 8.21. The van der Waals surface area contributed by atoms with Crippen molar-refractivity contribution in [3.63, 3.8) is 0 Å². The Morgan fingerprint density at radius 3 is 2.33 bits per heavy atom. The number of hydrogen-bond donors (Lipinski definition) is 1. The molecule has 2 fully saturated rings. The Kier molecular flexibility index (Phi) is 5.63. The first-order chi connectivity index (χ1) is 9.92. The highest BCUT2D eigenvalue weighted by Crippen LogP contribution is 2.36. The van der Waals surface area contributed by atoms with Crippen LogP contribution >= 0.6 is 0 Å². The van der Waals surface area contributed by atoms with Crippen LogP contribution in [0.3, 0.4) is 0 Å². The van der Waals surface area contributed by atoms with E-state index in [2.05, 4.69) is 31.0 Å². The van der Waals surface area contributed by atoms with Crippen LogP contribution in [-0.4, -0.2) is 55.5 Å². The van der Waals surface area contributed by atoms with Crippen molar-refractivity contribution in [3.05, 3.63) is 0 Å². The van der Waals surface area contributed by atoms with E-state index in [-0.39, 0.29) is 17.7 Å². The van der Waals surface area contributed by atoms with Gasteiger partial charge in [-0.3, -0.25) is 9.69 Å². The largest absolute Gasteiger partial charge is 0.352 e. The fourth-order valence-electron chi connectivity index (χ4n) is 3.09. The molecule has 5 heteroatoms. The molecular weight excluding hydrogens is 268 g/mol. The lowest BCUT2D eigenvalue weighted by Crippen LogP contribution is -2.47. The SMILES string of the molecule is CC(C)C(C)NC(=O)CN(C)C1CCC2(CC1)OCCO2. The highest BCUT2D eigenvalue weighted by atomic mass is 16.7. The van der Waals surface area contributed by atoms with E-state index in [4.69, 9.17) is 9.47 Å². The maximum Gasteiger partial charge on any atom is 0.234 e. The molecule has 2 aliphatic rings. The Hall–Kier alpha value is -0.650. The third-order valence-corrected chi connectivity index (χ3v) is 4.94. The highest BCUT2D eigenvalue weighted by molar-refractivity contribution is 5.78. The fourth-order valence-corrected chi connectivity index (χ4v) is 3.09. The summed E-state index contributed by atoms with van der Waals surface area (Å²) in [5, 5.41) is 3.07. The van der Waals surface area contributed by atoms with Crippen molar-refractivity contribution < 1.29 is 14.3 Å². The summed E-state index contributed by atoms with van der Waals surface area (Å²) >= 11 is 0. The van der Waals surface area contributed by atoms with Crippen LogP contribution in [-0.2, 0) is 14.3 Å². The normalized spacial score (nSPS) is 23.9. The lowest BCUT2D eigenvalue weighted by atomic mass is 9.89. The van der Waals surface area contributed by atoms with Gasteiger partial charge in [0.05, 0.1) is 19.8 Å². The molecule has 0 aromatic rings. The van der Waals surface area contributed by atoms with E-state index in [1.54, 1.807) is 0 Å². The van der Waals surface area contributed by atoms with Crippen LogP contribution in [0.25, 0.3) is 0 Å². The van der Waals surface area contributed by atoms with Crippen LogP contribution in [0, 0.1) is 5.92 Å². The minimum Gasteiger partial charge on any atom is -0.352 e. The molecule has 1 unspecified atom stereocenters. The Morgan fingerprint density at radius 1 is 1.24 bits per heavy atom. The molecule has 1 saturated heterocycles. The topological polar surface area (TPSA) is 50.8 Å². The Labute approximate surface area is 128 Å². The van der Waals surface area contributed by atoms with Crippen LogP contribution < -0.4 is 5.32 Å². The first kappa shape index (κ1) is 16.7. The molecule has 0 bridgehead atoms. The average Bonchev–Trinajstić information content (AvgIpc) is 2.87. The molecular formula is C16H30N2O3. The van der Waals surface area contributed by atoms with Gasteiger partial charge in [0.2, 0.25) is 5.91 Å². The van der Waals surface area contributed by atoms with E-state index in [0.29, 0.717) is 18.5 Å². The Morgan fingerprint density at radius 2 is 1.81 bits per heavy atom. The van der Waals surface area contributed by atoms with Crippen LogP contribution in [0.4, 0.5) is 0 Å². The second kappa shape index (κ2) is 7.07. The molecule has 122 valence electrons. The zero-order valence-corrected chi connectivity index (χ0v) is 13.9. The molecule has 0 aromatic carbocycles. The van der Waals surface area contributed by atoms with Crippen LogP contribution in [0.15, 0.2) is 0 Å². The molecule has 1 amide bonds. The van der Waals surface area contributed by atoms with Crippen molar-refractivity contribution in [3.8, 4) is 0 Å². The minimum atomic E-state index is -0.314. The lowest BCUT2D eigenvalue weighted by Gasteiger charge is -2.38. The van der Waals surface area contributed by atoms with E-state index in [9.17, 15) is 4.79 Å². The van der Waals surface area contributed by atoms with Gasteiger partial charge in [0.15, 0.2) is 5.79 Å². The molecule has 1 heterocycles. The van der Waals surface area contributed by atoms with Crippen molar-refractivity contribution >= 4 is 5.91 Å². The van der Waals surface area contributed by atoms with E-state index in [1.165, 1.54) is 0 Å². The number of likely N-dealkylation sites (N-methyl/N-ethyl adjacent to an activating group) is 1. The number of carbonyl (C=O) groups is 1. The molecule has 1 aliphatic heterocycles. The van der Waals surface area contributed by atoms with E-state index in [1.807, 2.05) is 7.05 Å². The molecule has 1 saturated carbocycles. The van der Waals surface area contributed by atoms with Crippen molar-refractivity contribution in [1.82, 2.24) is 10.2 Å². The predicted octanol–water partition coefficient (Wildman–Crippen LogP) is 1.76. The summed E-state index contributed by atoms with van der Waals surface area (Å²) in [6, 6.07) is 0.671. The third kappa shape index (κ3) is 4.41. The summed E-state index contributed by atoms with van der Waals surface area (Å²) < 4.78 is 11.5. The van der Waals surface area contributed by atoms with Gasteiger partial charge in [0.1, 0.15) is 0 Å². The number of nitrogens with zero attached hydrogens (tertiary/aromatic N) is 1. The zero-order chi connectivity index (χ0) is 15.5. The molecule has 1 spiro atoms. The maximum atomic E-state index is 12.1. The summed E-state index contributed by atoms with van der Waals surface area (Å²) in [6.07, 6.45) is 3.94. The van der Waals surface area contributed by atoms with Crippen LogP contribution in [0.5, 0.6) is 0 Å². The highest BCUT2D eigenvalue weighted by Gasteiger charge is 2.41. The standard InChI is InChI=1S/C16H30N2O3/c1-12(2)13(3)17-15(19)11-18(4)14-5-7-16(8-6-14)20-9-10-21-16/h12-14H,5-11H2,1-4H3,(H,17,19). The molecule has 0 radical (unpaired) electrons. The van der Waals surface area contributed by atoms with Crippen molar-refractivity contribution in [1.29, 1.82) is 0 Å². The first-order valence-electron chi connectivity index (χ1n) is 8.19. The average molecular weight is 298 g/mol. The van der Waals surface area contributed by atoms with E-state index >= 15 is 0 Å².